The summed E-state index contributed by atoms with van der Waals surface area (Å²) >= 11 is 0. The highest BCUT2D eigenvalue weighted by Crippen LogP contribution is 2.26. The van der Waals surface area contributed by atoms with Crippen LogP contribution in [0, 0.1) is 0 Å². The van der Waals surface area contributed by atoms with E-state index in [4.69, 9.17) is 10.8 Å². The van der Waals surface area contributed by atoms with Crippen LogP contribution in [0.5, 0.6) is 0 Å². The molecule has 0 radical (unpaired) electrons. The maximum absolute atomic E-state index is 10.9. The lowest BCUT2D eigenvalue weighted by Gasteiger charge is -2.40. The quantitative estimate of drug-likeness (QED) is 0.809. The Kier molecular flexibility index (Phi) is 3.95. The molecule has 5 nitrogen and oxygen atoms in total. The topological polar surface area (TPSA) is 69.8 Å². The van der Waals surface area contributed by atoms with Gasteiger partial charge in [0.05, 0.1) is 16.9 Å². The second-order valence-electron chi connectivity index (χ2n) is 5.00. The van der Waals surface area contributed by atoms with Crippen molar-refractivity contribution in [3.8, 4) is 0 Å². The molecule has 0 aliphatic carbocycles. The molecule has 1 aromatic carbocycles. The second-order valence-corrected chi connectivity index (χ2v) is 5.00. The number of carboxylic acid groups (broad SMARTS) is 1. The highest BCUT2D eigenvalue weighted by Gasteiger charge is 2.23. The Balaban J connectivity index is 2.17. The molecular weight excluding hydrogens is 242 g/mol. The predicted molar refractivity (Wildman–Crippen MR) is 76.7 cm³/mol. The van der Waals surface area contributed by atoms with Gasteiger partial charge in [0.1, 0.15) is 0 Å². The number of aromatic carboxylic acids is 1. The van der Waals surface area contributed by atoms with Crippen LogP contribution in [0.4, 0.5) is 11.4 Å². The lowest BCUT2D eigenvalue weighted by molar-refractivity contribution is 0.0697. The van der Waals surface area contributed by atoms with Crippen molar-refractivity contribution in [2.75, 3.05) is 36.8 Å². The van der Waals surface area contributed by atoms with Crippen LogP contribution in [-0.4, -0.2) is 48.2 Å². The summed E-state index contributed by atoms with van der Waals surface area (Å²) in [5.41, 5.74) is 7.70. The van der Waals surface area contributed by atoms with E-state index in [0.717, 1.165) is 31.9 Å². The Morgan fingerprint density at radius 1 is 1.47 bits per heavy atom. The molecule has 0 amide bonds. The third kappa shape index (κ3) is 2.81. The number of piperazine rings is 1. The van der Waals surface area contributed by atoms with Crippen LogP contribution in [0.25, 0.3) is 0 Å². The van der Waals surface area contributed by atoms with Crippen molar-refractivity contribution in [2.45, 2.75) is 19.9 Å². The fraction of sp³-hybridized carbons (Fsp3) is 0.500. The molecular formula is C14H21N3O2. The largest absolute Gasteiger partial charge is 0.478 e. The lowest BCUT2D eigenvalue weighted by atomic mass is 10.1. The Morgan fingerprint density at radius 2 is 2.21 bits per heavy atom. The van der Waals surface area contributed by atoms with E-state index in [9.17, 15) is 4.79 Å². The van der Waals surface area contributed by atoms with Crippen molar-refractivity contribution >= 4 is 17.3 Å². The summed E-state index contributed by atoms with van der Waals surface area (Å²) in [4.78, 5) is 15.6. The summed E-state index contributed by atoms with van der Waals surface area (Å²) in [7, 11) is 0. The van der Waals surface area contributed by atoms with Gasteiger partial charge in [0.15, 0.2) is 0 Å². The third-order valence-electron chi connectivity index (χ3n) is 3.79. The predicted octanol–water partition coefficient (Wildman–Crippen LogP) is 1.50. The van der Waals surface area contributed by atoms with Gasteiger partial charge in [-0.15, -0.1) is 0 Å². The average Bonchev–Trinajstić information content (AvgIpc) is 2.38. The Bertz CT molecular complexity index is 476. The molecule has 3 N–H and O–H groups in total. The molecule has 1 unspecified atom stereocenters. The third-order valence-corrected chi connectivity index (χ3v) is 3.79. The maximum Gasteiger partial charge on any atom is 0.335 e. The number of hydrogen-bond donors (Lipinski definition) is 2. The number of carbonyl (C=O) groups is 1. The SMILES string of the molecule is CCN1CCN(c2ccc(C(=O)O)cc2N)CC1C. The minimum Gasteiger partial charge on any atom is -0.478 e. The number of hydrogen-bond acceptors (Lipinski definition) is 4. The van der Waals surface area contributed by atoms with Crippen LogP contribution in [0.15, 0.2) is 18.2 Å². The minimum absolute atomic E-state index is 0.237. The molecule has 1 atom stereocenters. The van der Waals surface area contributed by atoms with Crippen LogP contribution < -0.4 is 10.6 Å². The number of anilines is 2. The van der Waals surface area contributed by atoms with Crippen LogP contribution in [0.1, 0.15) is 24.2 Å². The smallest absolute Gasteiger partial charge is 0.335 e. The number of benzene rings is 1. The number of carboxylic acids is 1. The molecule has 1 saturated heterocycles. The van der Waals surface area contributed by atoms with E-state index < -0.39 is 5.97 Å². The molecule has 19 heavy (non-hydrogen) atoms. The van der Waals surface area contributed by atoms with Gasteiger partial charge in [-0.25, -0.2) is 4.79 Å². The molecule has 1 aliphatic heterocycles. The zero-order valence-corrected chi connectivity index (χ0v) is 11.5. The monoisotopic (exact) mass is 263 g/mol. The van der Waals surface area contributed by atoms with Gasteiger partial charge in [0.2, 0.25) is 0 Å². The zero-order chi connectivity index (χ0) is 14.0. The van der Waals surface area contributed by atoms with Crippen molar-refractivity contribution < 1.29 is 9.90 Å². The average molecular weight is 263 g/mol. The van der Waals surface area contributed by atoms with Crippen LogP contribution in [0.3, 0.4) is 0 Å². The van der Waals surface area contributed by atoms with Gasteiger partial charge in [-0.3, -0.25) is 4.90 Å². The lowest BCUT2D eigenvalue weighted by Crippen LogP contribution is -2.51. The van der Waals surface area contributed by atoms with E-state index in [1.807, 2.05) is 6.07 Å². The molecule has 5 heteroatoms. The molecule has 0 aromatic heterocycles. The molecule has 1 heterocycles. The van der Waals surface area contributed by atoms with Gasteiger partial charge >= 0.3 is 5.97 Å². The van der Waals surface area contributed by atoms with Crippen molar-refractivity contribution in [1.29, 1.82) is 0 Å². The Morgan fingerprint density at radius 3 is 2.74 bits per heavy atom. The number of likely N-dealkylation sites (N-methyl/N-ethyl adjacent to an activating group) is 1. The van der Waals surface area contributed by atoms with Crippen LogP contribution in [-0.2, 0) is 0 Å². The second kappa shape index (κ2) is 5.48. The summed E-state index contributed by atoms with van der Waals surface area (Å²) in [5, 5.41) is 8.94. The van der Waals surface area contributed by atoms with Crippen LogP contribution >= 0.6 is 0 Å². The van der Waals surface area contributed by atoms with Crippen LogP contribution in [0.2, 0.25) is 0 Å². The Hall–Kier alpha value is -1.75. The molecule has 2 rings (SSSR count). The molecule has 1 fully saturated rings. The van der Waals surface area contributed by atoms with Gasteiger partial charge < -0.3 is 15.7 Å². The maximum atomic E-state index is 10.9. The molecule has 0 spiro atoms. The number of rotatable bonds is 3. The van der Waals surface area contributed by atoms with Gasteiger partial charge in [0, 0.05) is 25.7 Å². The molecule has 0 saturated carbocycles. The summed E-state index contributed by atoms with van der Waals surface area (Å²) in [6.07, 6.45) is 0. The first-order valence-corrected chi connectivity index (χ1v) is 6.64. The first-order chi connectivity index (χ1) is 9.02. The normalized spacial score (nSPS) is 20.5. The highest BCUT2D eigenvalue weighted by atomic mass is 16.4. The highest BCUT2D eigenvalue weighted by molar-refractivity contribution is 5.90. The van der Waals surface area contributed by atoms with Crippen molar-refractivity contribution in [3.05, 3.63) is 23.8 Å². The van der Waals surface area contributed by atoms with Crippen molar-refractivity contribution in [2.24, 2.45) is 0 Å². The Labute approximate surface area is 113 Å². The van der Waals surface area contributed by atoms with E-state index in [2.05, 4.69) is 23.6 Å². The van der Waals surface area contributed by atoms with Gasteiger partial charge in [-0.05, 0) is 31.7 Å². The standard InChI is InChI=1S/C14H21N3O2/c1-3-16-6-7-17(9-10(16)2)13-5-4-11(14(18)19)8-12(13)15/h4-5,8,10H,3,6-7,9,15H2,1-2H3,(H,18,19). The number of nitrogens with zero attached hydrogens (tertiary/aromatic N) is 2. The fourth-order valence-corrected chi connectivity index (χ4v) is 2.66. The van der Waals surface area contributed by atoms with Crippen molar-refractivity contribution in [3.63, 3.8) is 0 Å². The molecule has 1 aliphatic rings. The van der Waals surface area contributed by atoms with Crippen molar-refractivity contribution in [1.82, 2.24) is 4.90 Å². The summed E-state index contributed by atoms with van der Waals surface area (Å²) in [5.74, 6) is -0.942. The molecule has 0 bridgehead atoms. The fourth-order valence-electron chi connectivity index (χ4n) is 2.66. The summed E-state index contributed by atoms with van der Waals surface area (Å²) < 4.78 is 0. The minimum atomic E-state index is -0.942. The van der Waals surface area contributed by atoms with E-state index in [-0.39, 0.29) is 5.56 Å². The van der Waals surface area contributed by atoms with E-state index in [1.54, 1.807) is 6.07 Å². The molecule has 1 aromatic rings. The van der Waals surface area contributed by atoms with E-state index in [1.165, 1.54) is 6.07 Å². The number of nitrogen functional groups attached to an aromatic ring is 1. The van der Waals surface area contributed by atoms with E-state index in [0.29, 0.717) is 11.7 Å². The van der Waals surface area contributed by atoms with Gasteiger partial charge in [-0.1, -0.05) is 6.92 Å². The molecule has 104 valence electrons. The number of nitrogens with two attached hydrogens (primary N) is 1. The van der Waals surface area contributed by atoms with Gasteiger partial charge in [-0.2, -0.15) is 0 Å². The first-order valence-electron chi connectivity index (χ1n) is 6.64. The van der Waals surface area contributed by atoms with E-state index >= 15 is 0 Å². The summed E-state index contributed by atoms with van der Waals surface area (Å²) in [6, 6.07) is 5.45. The van der Waals surface area contributed by atoms with Gasteiger partial charge in [0.25, 0.3) is 0 Å². The first kappa shape index (κ1) is 13.7. The summed E-state index contributed by atoms with van der Waals surface area (Å²) in [6.45, 7) is 8.29. The zero-order valence-electron chi connectivity index (χ0n) is 11.5.